The molecule has 0 saturated carbocycles. The molecule has 2 heterocycles. The molecular formula is C24H29NO5S. The van der Waals surface area contributed by atoms with Gasteiger partial charge in [0.1, 0.15) is 11.5 Å². The number of aliphatic hydroxyl groups excluding tert-OH is 1. The maximum Gasteiger partial charge on any atom is 0.295 e. The van der Waals surface area contributed by atoms with Gasteiger partial charge in [-0.3, -0.25) is 9.59 Å². The minimum Gasteiger partial charge on any atom is -0.507 e. The van der Waals surface area contributed by atoms with Crippen molar-refractivity contribution in [1.82, 2.24) is 4.90 Å². The molecule has 1 aromatic carbocycles. The van der Waals surface area contributed by atoms with E-state index < -0.39 is 17.7 Å². The molecule has 0 radical (unpaired) electrons. The molecule has 1 amide bonds. The number of rotatable bonds is 8. The van der Waals surface area contributed by atoms with Gasteiger partial charge in [-0.2, -0.15) is 0 Å². The van der Waals surface area contributed by atoms with Gasteiger partial charge in [-0.25, -0.2) is 0 Å². The van der Waals surface area contributed by atoms with Crippen molar-refractivity contribution >= 4 is 28.8 Å². The van der Waals surface area contributed by atoms with Crippen LogP contribution in [0.1, 0.15) is 47.9 Å². The molecule has 0 spiro atoms. The van der Waals surface area contributed by atoms with Crippen molar-refractivity contribution in [2.75, 3.05) is 20.3 Å². The minimum absolute atomic E-state index is 0.0968. The molecule has 1 fully saturated rings. The van der Waals surface area contributed by atoms with Crippen molar-refractivity contribution in [2.24, 2.45) is 0 Å². The Hall–Kier alpha value is -2.64. The van der Waals surface area contributed by atoms with Gasteiger partial charge in [-0.05, 0) is 63.3 Å². The highest BCUT2D eigenvalue weighted by molar-refractivity contribution is 7.10. The molecule has 1 unspecified atom stereocenters. The third-order valence-corrected chi connectivity index (χ3v) is 6.37. The zero-order chi connectivity index (χ0) is 22.7. The highest BCUT2D eigenvalue weighted by Crippen LogP contribution is 2.43. The minimum atomic E-state index is -0.677. The number of amides is 1. The van der Waals surface area contributed by atoms with Gasteiger partial charge in [0.05, 0.1) is 30.4 Å². The summed E-state index contributed by atoms with van der Waals surface area (Å²) in [5, 5.41) is 13.2. The molecule has 7 heteroatoms. The highest BCUT2D eigenvalue weighted by Gasteiger charge is 2.47. The quantitative estimate of drug-likeness (QED) is 0.279. The van der Waals surface area contributed by atoms with E-state index in [1.54, 1.807) is 17.0 Å². The molecule has 1 aliphatic rings. The Bertz CT molecular complexity index is 1010. The van der Waals surface area contributed by atoms with E-state index in [1.165, 1.54) is 18.4 Å². The average molecular weight is 444 g/mol. The van der Waals surface area contributed by atoms with Gasteiger partial charge in [-0.15, -0.1) is 11.3 Å². The van der Waals surface area contributed by atoms with Gasteiger partial charge in [0.25, 0.3) is 11.7 Å². The number of aryl methyl sites for hydroxylation is 2. The number of ether oxygens (including phenoxy) is 2. The van der Waals surface area contributed by atoms with Crippen molar-refractivity contribution < 1.29 is 24.2 Å². The Kier molecular flexibility index (Phi) is 7.18. The molecule has 31 heavy (non-hydrogen) atoms. The molecule has 1 atom stereocenters. The van der Waals surface area contributed by atoms with Gasteiger partial charge in [-0.1, -0.05) is 11.6 Å². The average Bonchev–Trinajstić information content (AvgIpc) is 3.25. The summed E-state index contributed by atoms with van der Waals surface area (Å²) in [6, 6.07) is 6.69. The lowest BCUT2D eigenvalue weighted by Gasteiger charge is -2.25. The van der Waals surface area contributed by atoms with Crippen molar-refractivity contribution in [3.05, 3.63) is 56.8 Å². The van der Waals surface area contributed by atoms with E-state index in [1.807, 2.05) is 45.2 Å². The van der Waals surface area contributed by atoms with E-state index in [-0.39, 0.29) is 17.4 Å². The summed E-state index contributed by atoms with van der Waals surface area (Å²) < 4.78 is 11.0. The zero-order valence-electron chi connectivity index (χ0n) is 18.6. The van der Waals surface area contributed by atoms with Gasteiger partial charge in [0.2, 0.25) is 0 Å². The second kappa shape index (κ2) is 9.66. The Morgan fingerprint density at radius 3 is 2.58 bits per heavy atom. The number of Topliss-reactive ketones (excluding diaryl/α,β-unsaturated/α-hetero) is 1. The largest absolute Gasteiger partial charge is 0.507 e. The summed E-state index contributed by atoms with van der Waals surface area (Å²) in [5.41, 5.74) is 2.39. The number of carbonyl (C=O) groups is 2. The fourth-order valence-electron chi connectivity index (χ4n) is 3.75. The summed E-state index contributed by atoms with van der Waals surface area (Å²) in [7, 11) is 1.51. The van der Waals surface area contributed by atoms with Crippen LogP contribution >= 0.6 is 11.3 Å². The Balaban J connectivity index is 2.09. The van der Waals surface area contributed by atoms with Crippen molar-refractivity contribution in [2.45, 2.75) is 46.3 Å². The molecule has 0 aliphatic carbocycles. The third-order valence-electron chi connectivity index (χ3n) is 5.29. The van der Waals surface area contributed by atoms with Crippen LogP contribution in [0.5, 0.6) is 5.75 Å². The van der Waals surface area contributed by atoms with Crippen LogP contribution in [0, 0.1) is 13.8 Å². The maximum absolute atomic E-state index is 13.1. The third kappa shape index (κ3) is 4.67. The number of nitrogens with zero attached hydrogens (tertiary/aromatic N) is 1. The molecule has 1 aliphatic heterocycles. The van der Waals surface area contributed by atoms with Gasteiger partial charge < -0.3 is 19.5 Å². The lowest BCUT2D eigenvalue weighted by atomic mass is 9.97. The van der Waals surface area contributed by atoms with Gasteiger partial charge in [0.15, 0.2) is 0 Å². The first-order valence-electron chi connectivity index (χ1n) is 10.3. The van der Waals surface area contributed by atoms with Gasteiger partial charge >= 0.3 is 0 Å². The standard InChI is InChI=1S/C24H29NO5S/c1-14(2)30-11-6-10-25-20(23-16(4)9-12-31-23)19(22(27)24(25)28)21(26)17-13-15(3)7-8-18(17)29-5/h7-9,12-14,20,26H,6,10-11H2,1-5H3/b21-19+. The van der Waals surface area contributed by atoms with Crippen molar-refractivity contribution in [3.63, 3.8) is 0 Å². The SMILES string of the molecule is COc1ccc(C)cc1/C(O)=C1\C(=O)C(=O)N(CCCOC(C)C)C1c1sccc1C. The lowest BCUT2D eigenvalue weighted by Crippen LogP contribution is -2.31. The summed E-state index contributed by atoms with van der Waals surface area (Å²) in [5.74, 6) is -1.04. The van der Waals surface area contributed by atoms with Crippen molar-refractivity contribution in [1.29, 1.82) is 0 Å². The predicted molar refractivity (Wildman–Crippen MR) is 122 cm³/mol. The Morgan fingerprint density at radius 2 is 1.97 bits per heavy atom. The molecule has 2 aromatic rings. The fraction of sp³-hybridized carbons (Fsp3) is 0.417. The number of aliphatic hydroxyl groups is 1. The molecular weight excluding hydrogens is 414 g/mol. The van der Waals surface area contributed by atoms with E-state index in [4.69, 9.17) is 9.47 Å². The number of hydrogen-bond donors (Lipinski definition) is 1. The van der Waals surface area contributed by atoms with Crippen LogP contribution in [0.4, 0.5) is 0 Å². The van der Waals surface area contributed by atoms with Crippen LogP contribution in [0.2, 0.25) is 0 Å². The van der Waals surface area contributed by atoms with E-state index in [0.29, 0.717) is 30.9 Å². The smallest absolute Gasteiger partial charge is 0.295 e. The summed E-state index contributed by atoms with van der Waals surface area (Å²) in [6.45, 7) is 8.60. The highest BCUT2D eigenvalue weighted by atomic mass is 32.1. The predicted octanol–water partition coefficient (Wildman–Crippen LogP) is 4.61. The van der Waals surface area contributed by atoms with Crippen LogP contribution in [-0.4, -0.2) is 48.1 Å². The fourth-order valence-corrected chi connectivity index (χ4v) is 4.80. The molecule has 6 nitrogen and oxygen atoms in total. The number of methoxy groups -OCH3 is 1. The van der Waals surface area contributed by atoms with E-state index >= 15 is 0 Å². The molecule has 3 rings (SSSR count). The number of benzene rings is 1. The van der Waals surface area contributed by atoms with Gasteiger partial charge in [0, 0.05) is 18.0 Å². The number of ketones is 1. The van der Waals surface area contributed by atoms with E-state index in [9.17, 15) is 14.7 Å². The van der Waals surface area contributed by atoms with E-state index in [0.717, 1.165) is 16.0 Å². The second-order valence-corrected chi connectivity index (χ2v) is 8.88. The molecule has 166 valence electrons. The molecule has 1 aromatic heterocycles. The first-order chi connectivity index (χ1) is 14.8. The zero-order valence-corrected chi connectivity index (χ0v) is 19.4. The van der Waals surface area contributed by atoms with Crippen LogP contribution in [-0.2, 0) is 14.3 Å². The number of thiophene rings is 1. The lowest BCUT2D eigenvalue weighted by molar-refractivity contribution is -0.140. The van der Waals surface area contributed by atoms with Crippen LogP contribution < -0.4 is 4.74 Å². The van der Waals surface area contributed by atoms with Crippen molar-refractivity contribution in [3.8, 4) is 5.75 Å². The monoisotopic (exact) mass is 443 g/mol. The number of hydrogen-bond acceptors (Lipinski definition) is 6. The van der Waals surface area contributed by atoms with Crippen LogP contribution in [0.25, 0.3) is 5.76 Å². The first-order valence-corrected chi connectivity index (χ1v) is 11.2. The number of carbonyl (C=O) groups excluding carboxylic acids is 2. The summed E-state index contributed by atoms with van der Waals surface area (Å²) >= 11 is 1.47. The maximum atomic E-state index is 13.1. The van der Waals surface area contributed by atoms with E-state index in [2.05, 4.69) is 0 Å². The molecule has 1 N–H and O–H groups in total. The molecule has 0 bridgehead atoms. The molecule has 1 saturated heterocycles. The Labute approximate surface area is 187 Å². The summed E-state index contributed by atoms with van der Waals surface area (Å²) in [4.78, 5) is 28.5. The Morgan fingerprint density at radius 1 is 1.23 bits per heavy atom. The second-order valence-electron chi connectivity index (χ2n) is 7.94. The number of likely N-dealkylation sites (tertiary alicyclic amines) is 1. The first kappa shape index (κ1) is 23.0. The normalized spacial score (nSPS) is 18.3. The van der Waals surface area contributed by atoms with Crippen LogP contribution in [0.15, 0.2) is 35.2 Å². The topological polar surface area (TPSA) is 76.1 Å². The summed E-state index contributed by atoms with van der Waals surface area (Å²) in [6.07, 6.45) is 0.694. The van der Waals surface area contributed by atoms with Crippen LogP contribution in [0.3, 0.4) is 0 Å².